The summed E-state index contributed by atoms with van der Waals surface area (Å²) in [6.45, 7) is 1.74. The summed E-state index contributed by atoms with van der Waals surface area (Å²) in [6.07, 6.45) is 0.217. The lowest BCUT2D eigenvalue weighted by Crippen LogP contribution is -2.35. The van der Waals surface area contributed by atoms with Gasteiger partial charge < -0.3 is 4.90 Å². The molecule has 0 heterocycles. The van der Waals surface area contributed by atoms with Crippen molar-refractivity contribution in [2.45, 2.75) is 19.4 Å². The van der Waals surface area contributed by atoms with E-state index in [-0.39, 0.29) is 23.0 Å². The molecule has 17 heavy (non-hydrogen) atoms. The first-order valence-electron chi connectivity index (χ1n) is 5.07. The Morgan fingerprint density at radius 2 is 2.29 bits per heavy atom. The normalized spacial score (nSPS) is 11.7. The summed E-state index contributed by atoms with van der Waals surface area (Å²) in [5.74, 6) is -1.02. The standard InChI is InChI=1S/C12H12ClFN2O/c1-8(6-7-15)16(2)12(17)9-4-3-5-10(14)11(9)13/h3-5,8H,6H2,1-2H3. The van der Waals surface area contributed by atoms with E-state index in [2.05, 4.69) is 0 Å². The van der Waals surface area contributed by atoms with E-state index in [0.29, 0.717) is 0 Å². The molecular formula is C12H12ClFN2O. The number of nitriles is 1. The molecule has 0 aliphatic carbocycles. The Balaban J connectivity index is 2.97. The summed E-state index contributed by atoms with van der Waals surface area (Å²) in [5.41, 5.74) is 0.110. The zero-order chi connectivity index (χ0) is 13.0. The van der Waals surface area contributed by atoms with Gasteiger partial charge in [-0.15, -0.1) is 0 Å². The van der Waals surface area contributed by atoms with Crippen molar-refractivity contribution in [2.75, 3.05) is 7.05 Å². The number of carbonyl (C=O) groups is 1. The minimum Gasteiger partial charge on any atom is -0.338 e. The first-order valence-corrected chi connectivity index (χ1v) is 5.45. The maximum absolute atomic E-state index is 13.2. The van der Waals surface area contributed by atoms with Crippen LogP contribution in [0.15, 0.2) is 18.2 Å². The van der Waals surface area contributed by atoms with Crippen LogP contribution in [0.4, 0.5) is 4.39 Å². The molecule has 90 valence electrons. The van der Waals surface area contributed by atoms with Crippen LogP contribution in [0, 0.1) is 17.1 Å². The monoisotopic (exact) mass is 254 g/mol. The van der Waals surface area contributed by atoms with Crippen LogP contribution in [0.3, 0.4) is 0 Å². The lowest BCUT2D eigenvalue weighted by atomic mass is 10.1. The summed E-state index contributed by atoms with van der Waals surface area (Å²) in [7, 11) is 1.56. The van der Waals surface area contributed by atoms with Crippen molar-refractivity contribution in [3.05, 3.63) is 34.6 Å². The number of amides is 1. The van der Waals surface area contributed by atoms with Gasteiger partial charge in [-0.25, -0.2) is 4.39 Å². The van der Waals surface area contributed by atoms with Gasteiger partial charge in [0.05, 0.1) is 23.1 Å². The van der Waals surface area contributed by atoms with Gasteiger partial charge in [0.25, 0.3) is 5.91 Å². The number of nitrogens with zero attached hydrogens (tertiary/aromatic N) is 2. The molecule has 1 aromatic rings. The molecule has 3 nitrogen and oxygen atoms in total. The second-order valence-electron chi connectivity index (χ2n) is 3.73. The Hall–Kier alpha value is -1.60. The van der Waals surface area contributed by atoms with Crippen LogP contribution in [0.2, 0.25) is 5.02 Å². The van der Waals surface area contributed by atoms with Gasteiger partial charge in [0.2, 0.25) is 0 Å². The fourth-order valence-corrected chi connectivity index (χ4v) is 1.53. The third kappa shape index (κ3) is 2.95. The number of rotatable bonds is 3. The van der Waals surface area contributed by atoms with Crippen molar-refractivity contribution >= 4 is 17.5 Å². The van der Waals surface area contributed by atoms with Crippen molar-refractivity contribution in [1.29, 1.82) is 5.26 Å². The van der Waals surface area contributed by atoms with Crippen LogP contribution in [0.1, 0.15) is 23.7 Å². The predicted octanol–water partition coefficient (Wildman–Crippen LogP) is 2.85. The number of halogens is 2. The molecule has 0 bridgehead atoms. The molecule has 0 fully saturated rings. The largest absolute Gasteiger partial charge is 0.338 e. The van der Waals surface area contributed by atoms with E-state index in [1.807, 2.05) is 6.07 Å². The molecule has 1 atom stereocenters. The molecule has 1 rings (SSSR count). The highest BCUT2D eigenvalue weighted by Crippen LogP contribution is 2.21. The average molecular weight is 255 g/mol. The fourth-order valence-electron chi connectivity index (χ4n) is 1.33. The minimum absolute atomic E-state index is 0.110. The van der Waals surface area contributed by atoms with E-state index in [1.54, 1.807) is 14.0 Å². The van der Waals surface area contributed by atoms with Gasteiger partial charge in [0.1, 0.15) is 5.82 Å². The third-order valence-corrected chi connectivity index (χ3v) is 2.93. The molecule has 0 aliphatic rings. The highest BCUT2D eigenvalue weighted by molar-refractivity contribution is 6.34. The lowest BCUT2D eigenvalue weighted by Gasteiger charge is -2.23. The Kier molecular flexibility index (Phi) is 4.47. The van der Waals surface area contributed by atoms with Crippen LogP contribution in [0.25, 0.3) is 0 Å². The van der Waals surface area contributed by atoms with Crippen molar-refractivity contribution < 1.29 is 9.18 Å². The molecule has 0 saturated carbocycles. The van der Waals surface area contributed by atoms with Crippen molar-refractivity contribution in [1.82, 2.24) is 4.90 Å². The first-order chi connectivity index (χ1) is 7.99. The second kappa shape index (κ2) is 5.65. The third-order valence-electron chi connectivity index (χ3n) is 2.55. The Labute approximate surface area is 104 Å². The highest BCUT2D eigenvalue weighted by atomic mass is 35.5. The maximum atomic E-state index is 13.2. The summed E-state index contributed by atoms with van der Waals surface area (Å²) >= 11 is 5.73. The SMILES string of the molecule is CC(CC#N)N(C)C(=O)c1cccc(F)c1Cl. The van der Waals surface area contributed by atoms with Gasteiger partial charge in [-0.05, 0) is 19.1 Å². The minimum atomic E-state index is -0.626. The van der Waals surface area contributed by atoms with E-state index in [4.69, 9.17) is 16.9 Å². The second-order valence-corrected chi connectivity index (χ2v) is 4.11. The summed E-state index contributed by atoms with van der Waals surface area (Å²) in [5, 5.41) is 8.38. The molecule has 0 aromatic heterocycles. The Bertz CT molecular complexity index is 470. The Morgan fingerprint density at radius 1 is 1.65 bits per heavy atom. The van der Waals surface area contributed by atoms with Crippen LogP contribution in [-0.2, 0) is 0 Å². The predicted molar refractivity (Wildman–Crippen MR) is 63.2 cm³/mol. The molecule has 1 unspecified atom stereocenters. The number of benzene rings is 1. The quantitative estimate of drug-likeness (QED) is 0.833. The molecule has 0 saturated heterocycles. The van der Waals surface area contributed by atoms with Gasteiger partial charge >= 0.3 is 0 Å². The average Bonchev–Trinajstić information content (AvgIpc) is 2.31. The molecule has 0 spiro atoms. The number of hydrogen-bond acceptors (Lipinski definition) is 2. The fraction of sp³-hybridized carbons (Fsp3) is 0.333. The smallest absolute Gasteiger partial charge is 0.255 e. The molecule has 1 aromatic carbocycles. The lowest BCUT2D eigenvalue weighted by molar-refractivity contribution is 0.0746. The van der Waals surface area contributed by atoms with E-state index in [1.165, 1.54) is 23.1 Å². The van der Waals surface area contributed by atoms with Crippen LogP contribution in [0.5, 0.6) is 0 Å². The number of hydrogen-bond donors (Lipinski definition) is 0. The zero-order valence-electron chi connectivity index (χ0n) is 9.58. The molecule has 5 heteroatoms. The van der Waals surface area contributed by atoms with E-state index >= 15 is 0 Å². The summed E-state index contributed by atoms with van der Waals surface area (Å²) < 4.78 is 13.2. The zero-order valence-corrected chi connectivity index (χ0v) is 10.3. The van der Waals surface area contributed by atoms with Crippen molar-refractivity contribution in [2.24, 2.45) is 0 Å². The van der Waals surface area contributed by atoms with E-state index in [9.17, 15) is 9.18 Å². The van der Waals surface area contributed by atoms with Gasteiger partial charge in [-0.1, -0.05) is 17.7 Å². The van der Waals surface area contributed by atoms with Crippen molar-refractivity contribution in [3.63, 3.8) is 0 Å². The van der Waals surface area contributed by atoms with Gasteiger partial charge in [0.15, 0.2) is 0 Å². The summed E-state index contributed by atoms with van der Waals surface area (Å²) in [6, 6.07) is 5.82. The molecule has 0 aliphatic heterocycles. The van der Waals surface area contributed by atoms with Crippen LogP contribution < -0.4 is 0 Å². The maximum Gasteiger partial charge on any atom is 0.255 e. The topological polar surface area (TPSA) is 44.1 Å². The van der Waals surface area contributed by atoms with Gasteiger partial charge in [-0.2, -0.15) is 5.26 Å². The molecular weight excluding hydrogens is 243 g/mol. The van der Waals surface area contributed by atoms with Gasteiger partial charge in [0, 0.05) is 13.1 Å². The van der Waals surface area contributed by atoms with Gasteiger partial charge in [-0.3, -0.25) is 4.79 Å². The molecule has 0 radical (unpaired) electrons. The molecule has 0 N–H and O–H groups in total. The molecule has 1 amide bonds. The van der Waals surface area contributed by atoms with Crippen LogP contribution in [-0.4, -0.2) is 23.9 Å². The van der Waals surface area contributed by atoms with E-state index < -0.39 is 11.7 Å². The highest BCUT2D eigenvalue weighted by Gasteiger charge is 2.20. The van der Waals surface area contributed by atoms with Crippen LogP contribution >= 0.6 is 11.6 Å². The van der Waals surface area contributed by atoms with E-state index in [0.717, 1.165) is 0 Å². The summed E-state index contributed by atoms with van der Waals surface area (Å²) in [4.78, 5) is 13.4. The Morgan fingerprint density at radius 3 is 2.88 bits per heavy atom. The number of carbonyl (C=O) groups excluding carboxylic acids is 1. The first kappa shape index (κ1) is 13.5. The van der Waals surface area contributed by atoms with Crippen molar-refractivity contribution in [3.8, 4) is 6.07 Å².